The summed E-state index contributed by atoms with van der Waals surface area (Å²) in [4.78, 5) is 30.2. The third-order valence-corrected chi connectivity index (χ3v) is 6.53. The quantitative estimate of drug-likeness (QED) is 0.433. The first kappa shape index (κ1) is 20.6. The standard InChI is InChI=1S/C23H24FN3O2S/c24-18-12-9-17(10-13-18)15-30-23-25-20-8-4-3-7-19(20)22(29)27(23)26-21(28)14-11-16-5-1-2-6-16/h3-4,7-10,12-13,16H,1-2,5-6,11,14-15H2,(H,26,28). The fourth-order valence-corrected chi connectivity index (χ4v) is 4.76. The van der Waals surface area contributed by atoms with Crippen molar-refractivity contribution < 1.29 is 9.18 Å². The molecule has 5 nitrogen and oxygen atoms in total. The Bertz CT molecular complexity index is 1090. The predicted molar refractivity (Wildman–Crippen MR) is 118 cm³/mol. The lowest BCUT2D eigenvalue weighted by Crippen LogP contribution is -2.35. The molecule has 0 bridgehead atoms. The van der Waals surface area contributed by atoms with Crippen LogP contribution in [0.4, 0.5) is 4.39 Å². The molecular formula is C23H24FN3O2S. The summed E-state index contributed by atoms with van der Waals surface area (Å²) >= 11 is 1.34. The Morgan fingerprint density at radius 3 is 2.63 bits per heavy atom. The summed E-state index contributed by atoms with van der Waals surface area (Å²) in [6.07, 6.45) is 6.09. The van der Waals surface area contributed by atoms with E-state index >= 15 is 0 Å². The van der Waals surface area contributed by atoms with Crippen LogP contribution in [0.5, 0.6) is 0 Å². The van der Waals surface area contributed by atoms with Crippen LogP contribution in [0.25, 0.3) is 10.9 Å². The van der Waals surface area contributed by atoms with Crippen molar-refractivity contribution in [3.63, 3.8) is 0 Å². The number of hydrogen-bond donors (Lipinski definition) is 1. The minimum absolute atomic E-state index is 0.176. The van der Waals surface area contributed by atoms with Crippen molar-refractivity contribution >= 4 is 28.6 Å². The molecule has 156 valence electrons. The monoisotopic (exact) mass is 425 g/mol. The van der Waals surface area contributed by atoms with Crippen molar-refractivity contribution in [2.75, 3.05) is 5.43 Å². The van der Waals surface area contributed by atoms with Crippen LogP contribution >= 0.6 is 11.8 Å². The number of nitrogens with one attached hydrogen (secondary N) is 1. The van der Waals surface area contributed by atoms with Gasteiger partial charge >= 0.3 is 0 Å². The van der Waals surface area contributed by atoms with Crippen LogP contribution in [0, 0.1) is 11.7 Å². The van der Waals surface area contributed by atoms with E-state index < -0.39 is 0 Å². The Morgan fingerprint density at radius 1 is 1.13 bits per heavy atom. The van der Waals surface area contributed by atoms with Gasteiger partial charge < -0.3 is 0 Å². The van der Waals surface area contributed by atoms with Crippen molar-refractivity contribution in [1.29, 1.82) is 0 Å². The first-order valence-electron chi connectivity index (χ1n) is 10.3. The van der Waals surface area contributed by atoms with E-state index in [1.807, 2.05) is 6.07 Å². The molecule has 0 aliphatic heterocycles. The summed E-state index contributed by atoms with van der Waals surface area (Å²) in [5.74, 6) is 0.640. The summed E-state index contributed by atoms with van der Waals surface area (Å²) in [6.45, 7) is 0. The van der Waals surface area contributed by atoms with Gasteiger partial charge in [-0.3, -0.25) is 15.0 Å². The summed E-state index contributed by atoms with van der Waals surface area (Å²) in [7, 11) is 0. The number of benzene rings is 2. The number of carbonyl (C=O) groups excluding carboxylic acids is 1. The molecule has 7 heteroatoms. The van der Waals surface area contributed by atoms with Crippen molar-refractivity contribution in [3.05, 3.63) is 70.3 Å². The maximum absolute atomic E-state index is 13.2. The van der Waals surface area contributed by atoms with Crippen molar-refractivity contribution in [1.82, 2.24) is 9.66 Å². The number of amides is 1. The topological polar surface area (TPSA) is 64.0 Å². The molecule has 4 rings (SSSR count). The lowest BCUT2D eigenvalue weighted by Gasteiger charge is -2.15. The molecule has 1 fully saturated rings. The highest BCUT2D eigenvalue weighted by Gasteiger charge is 2.18. The normalized spacial score (nSPS) is 14.3. The average Bonchev–Trinajstić information content (AvgIpc) is 3.28. The highest BCUT2D eigenvalue weighted by molar-refractivity contribution is 7.98. The number of nitrogens with zero attached hydrogens (tertiary/aromatic N) is 2. The SMILES string of the molecule is O=C(CCC1CCCC1)Nn1c(SCc2ccc(F)cc2)nc2ccccc2c1=O. The number of hydrogen-bond acceptors (Lipinski definition) is 4. The largest absolute Gasteiger partial charge is 0.281 e. The molecule has 1 aromatic heterocycles. The van der Waals surface area contributed by atoms with E-state index in [1.165, 1.54) is 54.3 Å². The van der Waals surface area contributed by atoms with Crippen LogP contribution in [0.3, 0.4) is 0 Å². The Morgan fingerprint density at radius 2 is 1.87 bits per heavy atom. The van der Waals surface area contributed by atoms with Gasteiger partial charge in [0.15, 0.2) is 5.16 Å². The van der Waals surface area contributed by atoms with Gasteiger partial charge in [-0.15, -0.1) is 0 Å². The second-order valence-electron chi connectivity index (χ2n) is 7.69. The van der Waals surface area contributed by atoms with Crippen LogP contribution in [0.2, 0.25) is 0 Å². The molecule has 2 aromatic carbocycles. The number of carbonyl (C=O) groups is 1. The van der Waals surface area contributed by atoms with E-state index in [0.717, 1.165) is 12.0 Å². The van der Waals surface area contributed by atoms with Crippen LogP contribution in [0.1, 0.15) is 44.1 Å². The van der Waals surface area contributed by atoms with Crippen LogP contribution < -0.4 is 11.0 Å². The van der Waals surface area contributed by atoms with Gasteiger partial charge in [0.05, 0.1) is 10.9 Å². The maximum Gasteiger partial charge on any atom is 0.281 e. The zero-order valence-corrected chi connectivity index (χ0v) is 17.5. The molecule has 3 aromatic rings. The maximum atomic E-state index is 13.2. The van der Waals surface area contributed by atoms with Gasteiger partial charge in [0.25, 0.3) is 5.56 Å². The third kappa shape index (κ3) is 4.90. The van der Waals surface area contributed by atoms with Crippen molar-refractivity contribution in [2.24, 2.45) is 5.92 Å². The first-order valence-corrected chi connectivity index (χ1v) is 11.3. The van der Waals surface area contributed by atoms with Gasteiger partial charge in [-0.2, -0.15) is 4.68 Å². The molecule has 0 saturated heterocycles. The smallest absolute Gasteiger partial charge is 0.273 e. The van der Waals surface area contributed by atoms with E-state index in [4.69, 9.17) is 0 Å². The second-order valence-corrected chi connectivity index (χ2v) is 8.63. The van der Waals surface area contributed by atoms with E-state index in [2.05, 4.69) is 10.4 Å². The molecule has 1 heterocycles. The van der Waals surface area contributed by atoms with E-state index in [1.54, 1.807) is 30.3 Å². The van der Waals surface area contributed by atoms with Gasteiger partial charge in [-0.25, -0.2) is 9.37 Å². The summed E-state index contributed by atoms with van der Waals surface area (Å²) < 4.78 is 14.4. The van der Waals surface area contributed by atoms with Crippen molar-refractivity contribution in [3.8, 4) is 0 Å². The van der Waals surface area contributed by atoms with Crippen molar-refractivity contribution in [2.45, 2.75) is 49.4 Å². The molecule has 1 amide bonds. The molecule has 1 saturated carbocycles. The molecule has 1 aliphatic carbocycles. The lowest BCUT2D eigenvalue weighted by atomic mass is 10.0. The first-order chi connectivity index (χ1) is 14.6. The van der Waals surface area contributed by atoms with Gasteiger partial charge in [0, 0.05) is 12.2 Å². The summed E-state index contributed by atoms with van der Waals surface area (Å²) in [5.41, 5.74) is 3.96. The van der Waals surface area contributed by atoms with Gasteiger partial charge in [-0.05, 0) is 42.2 Å². The number of thioether (sulfide) groups is 1. The van der Waals surface area contributed by atoms with Gasteiger partial charge in [-0.1, -0.05) is 61.7 Å². The summed E-state index contributed by atoms with van der Waals surface area (Å²) in [6, 6.07) is 13.3. The Hall–Kier alpha value is -2.67. The molecule has 0 unspecified atom stereocenters. The fraction of sp³-hybridized carbons (Fsp3) is 0.348. The minimum atomic E-state index is -0.295. The Labute approximate surface area is 178 Å². The number of halogens is 1. The third-order valence-electron chi connectivity index (χ3n) is 5.52. The molecule has 0 atom stereocenters. The predicted octanol–water partition coefficient (Wildman–Crippen LogP) is 4.87. The van der Waals surface area contributed by atoms with Gasteiger partial charge in [0.1, 0.15) is 5.82 Å². The van der Waals surface area contributed by atoms with E-state index in [-0.39, 0.29) is 17.3 Å². The van der Waals surface area contributed by atoms with Crippen LogP contribution in [0.15, 0.2) is 58.5 Å². The molecule has 30 heavy (non-hydrogen) atoms. The number of aromatic nitrogens is 2. The highest BCUT2D eigenvalue weighted by atomic mass is 32.2. The zero-order chi connectivity index (χ0) is 20.9. The fourth-order valence-electron chi connectivity index (χ4n) is 3.85. The molecule has 1 aliphatic rings. The average molecular weight is 426 g/mol. The molecule has 0 spiro atoms. The van der Waals surface area contributed by atoms with E-state index in [0.29, 0.717) is 34.2 Å². The van der Waals surface area contributed by atoms with Crippen LogP contribution in [-0.4, -0.2) is 15.6 Å². The Balaban J connectivity index is 1.56. The molecule has 1 N–H and O–H groups in total. The van der Waals surface area contributed by atoms with E-state index in [9.17, 15) is 14.0 Å². The number of rotatable bonds is 7. The Kier molecular flexibility index (Phi) is 6.47. The second kappa shape index (κ2) is 9.43. The minimum Gasteiger partial charge on any atom is -0.273 e. The lowest BCUT2D eigenvalue weighted by molar-refractivity contribution is -0.117. The summed E-state index contributed by atoms with van der Waals surface area (Å²) in [5, 5.41) is 0.872. The molecule has 0 radical (unpaired) electrons. The zero-order valence-electron chi connectivity index (χ0n) is 16.6. The van der Waals surface area contributed by atoms with Crippen LogP contribution in [-0.2, 0) is 10.5 Å². The molecular weight excluding hydrogens is 401 g/mol. The highest BCUT2D eigenvalue weighted by Crippen LogP contribution is 2.28. The number of fused-ring (bicyclic) bond motifs is 1. The van der Waals surface area contributed by atoms with Gasteiger partial charge in [0.2, 0.25) is 5.91 Å². The number of para-hydroxylation sites is 1.